The van der Waals surface area contributed by atoms with E-state index in [2.05, 4.69) is 5.10 Å². The molecule has 0 aliphatic heterocycles. The minimum Gasteiger partial charge on any atom is -0.481 e. The summed E-state index contributed by atoms with van der Waals surface area (Å²) in [6, 6.07) is 11.6. The van der Waals surface area contributed by atoms with E-state index >= 15 is 0 Å². The molecule has 9 nitrogen and oxygen atoms in total. The highest BCUT2D eigenvalue weighted by atomic mass is 19.1. The van der Waals surface area contributed by atoms with Gasteiger partial charge in [0, 0.05) is 30.8 Å². The number of hydrogen-bond acceptors (Lipinski definition) is 6. The summed E-state index contributed by atoms with van der Waals surface area (Å²) in [5.74, 6) is -5.08. The lowest BCUT2D eigenvalue weighted by atomic mass is 9.80. The summed E-state index contributed by atoms with van der Waals surface area (Å²) in [5, 5.41) is 24.5. The van der Waals surface area contributed by atoms with E-state index in [0.717, 1.165) is 23.8 Å². The van der Waals surface area contributed by atoms with Crippen molar-refractivity contribution < 1.29 is 38.1 Å². The number of aliphatic hydroxyl groups is 1. The highest BCUT2D eigenvalue weighted by Crippen LogP contribution is 2.41. The van der Waals surface area contributed by atoms with Crippen LogP contribution >= 0.6 is 0 Å². The Bertz CT molecular complexity index is 1460. The summed E-state index contributed by atoms with van der Waals surface area (Å²) in [4.78, 5) is 39.3. The molecule has 0 aliphatic rings. The Morgan fingerprint density at radius 1 is 1.02 bits per heavy atom. The van der Waals surface area contributed by atoms with Gasteiger partial charge in [-0.3, -0.25) is 14.4 Å². The molecule has 2 N–H and O–H groups in total. The molecule has 11 heteroatoms. The van der Waals surface area contributed by atoms with Gasteiger partial charge in [0.2, 0.25) is 5.91 Å². The number of hydrogen-bond donors (Lipinski definition) is 2. The smallest absolute Gasteiger partial charge is 0.307 e. The Kier molecular flexibility index (Phi) is 11.0. The molecule has 0 aliphatic carbocycles. The van der Waals surface area contributed by atoms with Gasteiger partial charge < -0.3 is 19.8 Å². The molecular formula is C33H41F2N3O6. The topological polar surface area (TPSA) is 122 Å². The molecule has 0 spiro atoms. The molecule has 2 aromatic carbocycles. The molecule has 238 valence electrons. The van der Waals surface area contributed by atoms with Gasteiger partial charge >= 0.3 is 11.9 Å². The van der Waals surface area contributed by atoms with Crippen molar-refractivity contribution in [2.24, 2.45) is 11.3 Å². The minimum atomic E-state index is -1.22. The van der Waals surface area contributed by atoms with Gasteiger partial charge in [0.1, 0.15) is 29.5 Å². The van der Waals surface area contributed by atoms with Crippen molar-refractivity contribution in [3.05, 3.63) is 83.2 Å². The number of halogens is 2. The minimum absolute atomic E-state index is 0.104. The number of nitrogens with zero attached hydrogens (tertiary/aromatic N) is 3. The maximum atomic E-state index is 14.9. The number of amides is 1. The van der Waals surface area contributed by atoms with Crippen LogP contribution in [0.4, 0.5) is 8.78 Å². The van der Waals surface area contributed by atoms with Gasteiger partial charge in [0.25, 0.3) is 0 Å². The zero-order valence-electron chi connectivity index (χ0n) is 26.0. The molecule has 1 heterocycles. The number of carboxylic acid groups (broad SMARTS) is 1. The fourth-order valence-electron chi connectivity index (χ4n) is 5.15. The standard InChI is InChI=1S/C33H41F2N3O6/c1-32(2,3)30(37(28(40)20-39)15-14-22(31(42)43)17-29(41)44-33(4,5)6)24-19-38(27-18-23(34)12-13-25(27)35)36-26(24)16-21-10-8-7-9-11-21/h7-13,18-19,22,30,39H,14-17,20H2,1-6H3,(H,42,43)/t22-,30+/m1/s1. The molecule has 44 heavy (non-hydrogen) atoms. The maximum absolute atomic E-state index is 14.9. The normalized spacial score (nSPS) is 13.3. The van der Waals surface area contributed by atoms with Crippen LogP contribution in [0.3, 0.4) is 0 Å². The summed E-state index contributed by atoms with van der Waals surface area (Å²) < 4.78 is 35.6. The number of carboxylic acids is 1. The summed E-state index contributed by atoms with van der Waals surface area (Å²) in [5.41, 5.74) is 0.266. The third-order valence-electron chi connectivity index (χ3n) is 6.98. The van der Waals surface area contributed by atoms with Gasteiger partial charge in [-0.05, 0) is 50.3 Å². The zero-order chi connectivity index (χ0) is 32.8. The molecule has 1 amide bonds. The van der Waals surface area contributed by atoms with E-state index in [1.165, 1.54) is 9.58 Å². The van der Waals surface area contributed by atoms with Crippen LogP contribution in [0.5, 0.6) is 0 Å². The van der Waals surface area contributed by atoms with Crippen molar-refractivity contribution in [1.29, 1.82) is 0 Å². The third-order valence-corrected chi connectivity index (χ3v) is 6.98. The van der Waals surface area contributed by atoms with Gasteiger partial charge in [-0.1, -0.05) is 51.1 Å². The lowest BCUT2D eigenvalue weighted by Crippen LogP contribution is -2.44. The second kappa shape index (κ2) is 14.1. The maximum Gasteiger partial charge on any atom is 0.307 e. The molecule has 3 aromatic rings. The van der Waals surface area contributed by atoms with Crippen molar-refractivity contribution in [3.63, 3.8) is 0 Å². The number of aromatic nitrogens is 2. The van der Waals surface area contributed by atoms with Crippen LogP contribution in [0, 0.1) is 23.0 Å². The molecule has 1 aromatic heterocycles. The van der Waals surface area contributed by atoms with Crippen molar-refractivity contribution in [1.82, 2.24) is 14.7 Å². The Hall–Kier alpha value is -4.12. The Morgan fingerprint density at radius 3 is 2.25 bits per heavy atom. The number of carbonyl (C=O) groups excluding carboxylic acids is 2. The fourth-order valence-corrected chi connectivity index (χ4v) is 5.15. The number of rotatable bonds is 12. The van der Waals surface area contributed by atoms with Gasteiger partial charge in [0.15, 0.2) is 0 Å². The van der Waals surface area contributed by atoms with Crippen molar-refractivity contribution >= 4 is 17.8 Å². The number of aliphatic hydroxyl groups excluding tert-OH is 1. The monoisotopic (exact) mass is 613 g/mol. The SMILES string of the molecule is CC(C)(C)OC(=O)C[C@@H](CCN(C(=O)CO)[C@@H](c1cn(-c2cc(F)ccc2F)nc1Cc1ccccc1)C(C)(C)C)C(=O)O. The summed E-state index contributed by atoms with van der Waals surface area (Å²) in [6.07, 6.45) is 1.33. The number of ether oxygens (including phenoxy) is 1. The summed E-state index contributed by atoms with van der Waals surface area (Å²) in [6.45, 7) is 9.69. The molecule has 0 fully saturated rings. The van der Waals surface area contributed by atoms with Crippen LogP contribution in [-0.4, -0.2) is 61.5 Å². The second-order valence-electron chi connectivity index (χ2n) is 12.9. The average Bonchev–Trinajstić information content (AvgIpc) is 3.32. The van der Waals surface area contributed by atoms with Gasteiger partial charge in [-0.15, -0.1) is 0 Å². The van der Waals surface area contributed by atoms with E-state index in [0.29, 0.717) is 17.7 Å². The predicted molar refractivity (Wildman–Crippen MR) is 160 cm³/mol. The van der Waals surface area contributed by atoms with Crippen LogP contribution in [0.15, 0.2) is 54.7 Å². The molecule has 0 saturated carbocycles. The number of esters is 1. The van der Waals surface area contributed by atoms with Gasteiger partial charge in [0.05, 0.1) is 24.1 Å². The fraction of sp³-hybridized carbons (Fsp3) is 0.455. The Labute approximate surface area is 256 Å². The highest BCUT2D eigenvalue weighted by molar-refractivity contribution is 5.80. The summed E-state index contributed by atoms with van der Waals surface area (Å²) >= 11 is 0. The lowest BCUT2D eigenvalue weighted by molar-refractivity contribution is -0.160. The van der Waals surface area contributed by atoms with Crippen molar-refractivity contribution in [2.45, 2.75) is 72.4 Å². The largest absolute Gasteiger partial charge is 0.481 e. The Morgan fingerprint density at radius 2 is 1.68 bits per heavy atom. The van der Waals surface area contributed by atoms with Gasteiger partial charge in [-0.2, -0.15) is 5.10 Å². The van der Waals surface area contributed by atoms with E-state index in [4.69, 9.17) is 4.74 Å². The van der Waals surface area contributed by atoms with E-state index < -0.39 is 65.5 Å². The van der Waals surface area contributed by atoms with E-state index in [-0.39, 0.29) is 18.7 Å². The van der Waals surface area contributed by atoms with E-state index in [1.54, 1.807) is 27.0 Å². The first-order valence-electron chi connectivity index (χ1n) is 14.4. The van der Waals surface area contributed by atoms with Crippen LogP contribution < -0.4 is 0 Å². The highest BCUT2D eigenvalue weighted by Gasteiger charge is 2.38. The van der Waals surface area contributed by atoms with Gasteiger partial charge in [-0.25, -0.2) is 13.5 Å². The molecular weight excluding hydrogens is 572 g/mol. The number of aliphatic carboxylic acids is 1. The van der Waals surface area contributed by atoms with Crippen LogP contribution in [0.2, 0.25) is 0 Å². The summed E-state index contributed by atoms with van der Waals surface area (Å²) in [7, 11) is 0. The molecule has 0 radical (unpaired) electrons. The quantitative estimate of drug-likeness (QED) is 0.260. The average molecular weight is 614 g/mol. The Balaban J connectivity index is 2.10. The zero-order valence-corrected chi connectivity index (χ0v) is 26.0. The van der Waals surface area contributed by atoms with Crippen molar-refractivity contribution in [2.75, 3.05) is 13.2 Å². The molecule has 0 unspecified atom stereocenters. The first-order valence-corrected chi connectivity index (χ1v) is 14.4. The van der Waals surface area contributed by atoms with Crippen molar-refractivity contribution in [3.8, 4) is 5.69 Å². The van der Waals surface area contributed by atoms with E-state index in [1.807, 2.05) is 51.1 Å². The first kappa shape index (κ1) is 34.4. The van der Waals surface area contributed by atoms with E-state index in [9.17, 15) is 33.4 Å². The number of benzene rings is 2. The first-order chi connectivity index (χ1) is 20.5. The number of carbonyl (C=O) groups is 3. The molecule has 3 rings (SSSR count). The third kappa shape index (κ3) is 9.19. The van der Waals surface area contributed by atoms with Crippen LogP contribution in [0.25, 0.3) is 5.69 Å². The molecule has 2 atom stereocenters. The second-order valence-corrected chi connectivity index (χ2v) is 12.9. The van der Waals surface area contributed by atoms with Crippen LogP contribution in [0.1, 0.15) is 77.2 Å². The molecule has 0 bridgehead atoms. The molecule has 0 saturated heterocycles. The predicted octanol–water partition coefficient (Wildman–Crippen LogP) is 5.47. The van der Waals surface area contributed by atoms with Crippen LogP contribution in [-0.2, 0) is 25.5 Å². The lowest BCUT2D eigenvalue weighted by Gasteiger charge is -2.40.